The van der Waals surface area contributed by atoms with Crippen molar-refractivity contribution in [3.05, 3.63) is 249 Å². The topological polar surface area (TPSA) is 3.24 Å². The first kappa shape index (κ1) is 35.7. The van der Waals surface area contributed by atoms with Crippen molar-refractivity contribution in [2.45, 2.75) is 0 Å². The van der Waals surface area contributed by atoms with Crippen molar-refractivity contribution in [1.29, 1.82) is 0 Å². The second-order valence-corrected chi connectivity index (χ2v) is 14.8. The maximum atomic E-state index is 2.46. The highest BCUT2D eigenvalue weighted by Gasteiger charge is 2.23. The van der Waals surface area contributed by atoms with Crippen LogP contribution in [0.15, 0.2) is 249 Å². The van der Waals surface area contributed by atoms with Crippen molar-refractivity contribution >= 4 is 27.8 Å². The largest absolute Gasteiger partial charge is 0.309 e. The molecule has 278 valence electrons. The van der Waals surface area contributed by atoms with Crippen LogP contribution in [-0.2, 0) is 0 Å². The predicted octanol–water partition coefficient (Wildman–Crippen LogP) is 16.3. The number of benzene rings is 10. The fraction of sp³-hybridized carbons (Fsp3) is 0. The fourth-order valence-corrected chi connectivity index (χ4v) is 8.60. The molecule has 0 N–H and O–H groups in total. The minimum absolute atomic E-state index is 1.08. The molecule has 10 aromatic carbocycles. The molecule has 59 heavy (non-hydrogen) atoms. The van der Waals surface area contributed by atoms with Gasteiger partial charge in [-0.2, -0.15) is 0 Å². The Morgan fingerprint density at radius 1 is 0.203 bits per heavy atom. The third-order valence-electron chi connectivity index (χ3n) is 11.3. The standard InChI is InChI=1S/C58H41N/c1-4-20-42(21-5-1)43-38-40-47(41-39-43)59(57-37-17-15-33-54(57)55-35-19-27-46-26-18-34-49(58(46)55)45-24-8-3-9-25-45)56-36-16-14-32-53(56)52-31-13-12-30-51(52)50-29-11-10-28-48(50)44-22-6-2-7-23-44/h1-41H. The summed E-state index contributed by atoms with van der Waals surface area (Å²) in [5.74, 6) is 0. The molecule has 1 nitrogen and oxygen atoms in total. The van der Waals surface area contributed by atoms with Crippen molar-refractivity contribution < 1.29 is 0 Å². The quantitative estimate of drug-likeness (QED) is 0.142. The van der Waals surface area contributed by atoms with E-state index in [9.17, 15) is 0 Å². The number of rotatable bonds is 9. The van der Waals surface area contributed by atoms with E-state index in [4.69, 9.17) is 0 Å². The number of hydrogen-bond acceptors (Lipinski definition) is 1. The highest BCUT2D eigenvalue weighted by Crippen LogP contribution is 2.49. The Bertz CT molecular complexity index is 3020. The molecule has 0 atom stereocenters. The van der Waals surface area contributed by atoms with E-state index in [0.717, 1.165) is 28.2 Å². The lowest BCUT2D eigenvalue weighted by Crippen LogP contribution is -2.12. The van der Waals surface area contributed by atoms with Gasteiger partial charge in [0.05, 0.1) is 11.4 Å². The van der Waals surface area contributed by atoms with Crippen molar-refractivity contribution in [3.8, 4) is 66.8 Å². The Labute approximate surface area is 346 Å². The smallest absolute Gasteiger partial charge is 0.0540 e. The predicted molar refractivity (Wildman–Crippen MR) is 251 cm³/mol. The second kappa shape index (κ2) is 16.0. The van der Waals surface area contributed by atoms with Crippen molar-refractivity contribution in [2.75, 3.05) is 4.90 Å². The van der Waals surface area contributed by atoms with Gasteiger partial charge in [0.25, 0.3) is 0 Å². The van der Waals surface area contributed by atoms with Crippen LogP contribution >= 0.6 is 0 Å². The van der Waals surface area contributed by atoms with E-state index in [0.29, 0.717) is 0 Å². The van der Waals surface area contributed by atoms with Crippen LogP contribution in [-0.4, -0.2) is 0 Å². The molecule has 0 fully saturated rings. The van der Waals surface area contributed by atoms with Gasteiger partial charge in [0.15, 0.2) is 0 Å². The summed E-state index contributed by atoms with van der Waals surface area (Å²) in [7, 11) is 0. The summed E-state index contributed by atoms with van der Waals surface area (Å²) in [4.78, 5) is 2.46. The van der Waals surface area contributed by atoms with Crippen LogP contribution in [0.4, 0.5) is 17.1 Å². The van der Waals surface area contributed by atoms with Gasteiger partial charge in [-0.15, -0.1) is 0 Å². The Morgan fingerprint density at radius 3 is 1.12 bits per heavy atom. The summed E-state index contributed by atoms with van der Waals surface area (Å²) in [6, 6.07) is 89.9. The first-order chi connectivity index (χ1) is 29.3. The zero-order valence-corrected chi connectivity index (χ0v) is 32.6. The fourth-order valence-electron chi connectivity index (χ4n) is 8.60. The van der Waals surface area contributed by atoms with E-state index in [1.807, 2.05) is 0 Å². The number of fused-ring (bicyclic) bond motifs is 1. The Balaban J connectivity index is 1.21. The Hall–Kier alpha value is -7.74. The minimum Gasteiger partial charge on any atom is -0.309 e. The van der Waals surface area contributed by atoms with E-state index in [2.05, 4.69) is 254 Å². The molecule has 0 spiro atoms. The molecule has 0 radical (unpaired) electrons. The molecule has 0 saturated heterocycles. The molecular weight excluding hydrogens is 711 g/mol. The maximum absolute atomic E-state index is 2.46. The monoisotopic (exact) mass is 751 g/mol. The summed E-state index contributed by atoms with van der Waals surface area (Å²) in [5.41, 5.74) is 17.6. The molecule has 0 aliphatic heterocycles. The first-order valence-electron chi connectivity index (χ1n) is 20.3. The van der Waals surface area contributed by atoms with Gasteiger partial charge in [0, 0.05) is 16.8 Å². The molecule has 0 heterocycles. The average molecular weight is 752 g/mol. The molecule has 1 heteroatoms. The van der Waals surface area contributed by atoms with Gasteiger partial charge in [0.2, 0.25) is 0 Å². The molecule has 0 aliphatic rings. The summed E-state index contributed by atoms with van der Waals surface area (Å²) in [5, 5.41) is 2.45. The van der Waals surface area contributed by atoms with Crippen molar-refractivity contribution in [1.82, 2.24) is 0 Å². The maximum Gasteiger partial charge on any atom is 0.0540 e. The molecule has 0 aromatic heterocycles. The SMILES string of the molecule is c1ccc(-c2ccc(N(c3ccccc3-c3ccccc3-c3ccccc3-c3ccccc3)c3ccccc3-c3cccc4cccc(-c5ccccc5)c34)cc2)cc1. The van der Waals surface area contributed by atoms with Gasteiger partial charge < -0.3 is 4.90 Å². The van der Waals surface area contributed by atoms with E-state index >= 15 is 0 Å². The van der Waals surface area contributed by atoms with Gasteiger partial charge >= 0.3 is 0 Å². The third kappa shape index (κ3) is 6.90. The summed E-state index contributed by atoms with van der Waals surface area (Å²) < 4.78 is 0. The molecule has 0 bridgehead atoms. The van der Waals surface area contributed by atoms with Crippen LogP contribution in [0.1, 0.15) is 0 Å². The lowest BCUT2D eigenvalue weighted by molar-refractivity contribution is 1.28. The van der Waals surface area contributed by atoms with Gasteiger partial charge in [-0.25, -0.2) is 0 Å². The van der Waals surface area contributed by atoms with Gasteiger partial charge in [-0.05, 0) is 90.7 Å². The van der Waals surface area contributed by atoms with E-state index < -0.39 is 0 Å². The number of para-hydroxylation sites is 2. The lowest BCUT2D eigenvalue weighted by Gasteiger charge is -2.31. The number of hydrogen-bond donors (Lipinski definition) is 0. The zero-order chi connectivity index (χ0) is 39.4. The van der Waals surface area contributed by atoms with Crippen LogP contribution < -0.4 is 4.90 Å². The van der Waals surface area contributed by atoms with Crippen LogP contribution in [0.2, 0.25) is 0 Å². The summed E-state index contributed by atoms with van der Waals surface area (Å²) in [6.07, 6.45) is 0. The zero-order valence-electron chi connectivity index (χ0n) is 32.6. The molecule has 10 aromatic rings. The molecule has 0 saturated carbocycles. The average Bonchev–Trinajstić information content (AvgIpc) is 3.33. The molecule has 0 aliphatic carbocycles. The third-order valence-corrected chi connectivity index (χ3v) is 11.3. The Morgan fingerprint density at radius 2 is 0.559 bits per heavy atom. The molecular formula is C58H41N. The summed E-state index contributed by atoms with van der Waals surface area (Å²) in [6.45, 7) is 0. The van der Waals surface area contributed by atoms with Gasteiger partial charge in [0.1, 0.15) is 0 Å². The highest BCUT2D eigenvalue weighted by molar-refractivity contribution is 6.09. The van der Waals surface area contributed by atoms with E-state index in [1.165, 1.54) is 66.4 Å². The molecule has 0 amide bonds. The first-order valence-corrected chi connectivity index (χ1v) is 20.3. The Kier molecular flexibility index (Phi) is 9.68. The number of nitrogens with zero attached hydrogens (tertiary/aromatic N) is 1. The van der Waals surface area contributed by atoms with Gasteiger partial charge in [-0.3, -0.25) is 0 Å². The van der Waals surface area contributed by atoms with E-state index in [-0.39, 0.29) is 0 Å². The minimum atomic E-state index is 1.08. The molecule has 10 rings (SSSR count). The van der Waals surface area contributed by atoms with Crippen LogP contribution in [0.5, 0.6) is 0 Å². The summed E-state index contributed by atoms with van der Waals surface area (Å²) >= 11 is 0. The van der Waals surface area contributed by atoms with Crippen LogP contribution in [0.25, 0.3) is 77.5 Å². The number of anilines is 3. The van der Waals surface area contributed by atoms with Crippen molar-refractivity contribution in [3.63, 3.8) is 0 Å². The van der Waals surface area contributed by atoms with Crippen LogP contribution in [0.3, 0.4) is 0 Å². The van der Waals surface area contributed by atoms with Gasteiger partial charge in [-0.1, -0.05) is 224 Å². The highest BCUT2D eigenvalue weighted by atomic mass is 15.1. The van der Waals surface area contributed by atoms with E-state index in [1.54, 1.807) is 0 Å². The normalized spacial score (nSPS) is 11.1. The van der Waals surface area contributed by atoms with Crippen LogP contribution in [0, 0.1) is 0 Å². The van der Waals surface area contributed by atoms with Crippen molar-refractivity contribution in [2.24, 2.45) is 0 Å². The lowest BCUT2D eigenvalue weighted by atomic mass is 9.88. The molecule has 0 unspecified atom stereocenters. The second-order valence-electron chi connectivity index (χ2n) is 14.8.